The molecule has 2 rings (SSSR count). The molecule has 1 atom stereocenters. The molecule has 1 aliphatic rings. The molecule has 1 fully saturated rings. The van der Waals surface area contributed by atoms with Crippen molar-refractivity contribution in [2.45, 2.75) is 19.4 Å². The van der Waals surface area contributed by atoms with Crippen molar-refractivity contribution in [1.82, 2.24) is 0 Å². The molecule has 1 N–H and O–H groups in total. The topological polar surface area (TPSA) is 40.5 Å². The lowest BCUT2D eigenvalue weighted by Gasteiger charge is -2.41. The van der Waals surface area contributed by atoms with E-state index < -0.39 is 0 Å². The van der Waals surface area contributed by atoms with Gasteiger partial charge in [0.2, 0.25) is 5.91 Å². The number of amides is 1. The maximum Gasteiger partial charge on any atom is 0.230 e. The first kappa shape index (κ1) is 14.1. The molecule has 1 unspecified atom stereocenters. The Labute approximate surface area is 117 Å². The highest BCUT2D eigenvalue weighted by Gasteiger charge is 2.38. The highest BCUT2D eigenvalue weighted by Crippen LogP contribution is 2.32. The summed E-state index contributed by atoms with van der Waals surface area (Å²) in [5.74, 6) is -0.216. The van der Waals surface area contributed by atoms with Gasteiger partial charge in [0, 0.05) is 5.69 Å². The van der Waals surface area contributed by atoms with Crippen LogP contribution in [0.25, 0.3) is 0 Å². The largest absolute Gasteiger partial charge is 0.508 e. The highest BCUT2D eigenvalue weighted by atomic mass is 19.1. The van der Waals surface area contributed by atoms with E-state index in [-0.39, 0.29) is 23.5 Å². The van der Waals surface area contributed by atoms with E-state index in [0.29, 0.717) is 12.1 Å². The van der Waals surface area contributed by atoms with Gasteiger partial charge >= 0.3 is 0 Å². The van der Waals surface area contributed by atoms with Gasteiger partial charge in [-0.2, -0.15) is 0 Å². The summed E-state index contributed by atoms with van der Waals surface area (Å²) in [6.45, 7) is 5.64. The number of carbonyl (C=O) groups excluding carboxylic acids is 1. The van der Waals surface area contributed by atoms with E-state index in [1.807, 2.05) is 0 Å². The molecule has 0 saturated carbocycles. The predicted octanol–water partition coefficient (Wildman–Crippen LogP) is 3.51. The number of hydrogen-bond acceptors (Lipinski definition) is 2. The first-order chi connectivity index (χ1) is 9.52. The minimum atomic E-state index is -0.338. The predicted molar refractivity (Wildman–Crippen MR) is 77.0 cm³/mol. The van der Waals surface area contributed by atoms with Crippen LogP contribution in [0.5, 0.6) is 0 Å². The number of benzene rings is 1. The van der Waals surface area contributed by atoms with Gasteiger partial charge in [-0.25, -0.2) is 4.39 Å². The lowest BCUT2D eigenvalue weighted by atomic mass is 9.93. The van der Waals surface area contributed by atoms with E-state index in [4.69, 9.17) is 0 Å². The van der Waals surface area contributed by atoms with Gasteiger partial charge in [-0.15, -0.1) is 0 Å². The monoisotopic (exact) mass is 273 g/mol. The van der Waals surface area contributed by atoms with E-state index in [1.165, 1.54) is 18.2 Å². The van der Waals surface area contributed by atoms with Gasteiger partial charge in [0.25, 0.3) is 0 Å². The van der Waals surface area contributed by atoms with Crippen molar-refractivity contribution >= 4 is 11.6 Å². The first-order valence-corrected chi connectivity index (χ1v) is 6.32. The second-order valence-corrected chi connectivity index (χ2v) is 4.58. The van der Waals surface area contributed by atoms with Crippen LogP contribution >= 0.6 is 0 Å². The van der Waals surface area contributed by atoms with Crippen molar-refractivity contribution in [3.63, 3.8) is 0 Å². The summed E-state index contributed by atoms with van der Waals surface area (Å²) in [6.07, 6.45) is 5.15. The Balaban J connectivity index is 2.14. The Morgan fingerprint density at radius 3 is 2.60 bits per heavy atom. The van der Waals surface area contributed by atoms with Crippen LogP contribution in [0.4, 0.5) is 10.1 Å². The summed E-state index contributed by atoms with van der Waals surface area (Å²) in [5.41, 5.74) is 1.37. The van der Waals surface area contributed by atoms with E-state index in [9.17, 15) is 14.3 Å². The van der Waals surface area contributed by atoms with Crippen LogP contribution in [0.3, 0.4) is 0 Å². The molecule has 1 saturated heterocycles. The van der Waals surface area contributed by atoms with Crippen LogP contribution in [-0.2, 0) is 4.79 Å². The van der Waals surface area contributed by atoms with Gasteiger partial charge in [-0.3, -0.25) is 4.79 Å². The average Bonchev–Trinajstić information content (AvgIpc) is 2.44. The summed E-state index contributed by atoms with van der Waals surface area (Å²) in [7, 11) is 0. The Kier molecular flexibility index (Phi) is 4.03. The van der Waals surface area contributed by atoms with Crippen molar-refractivity contribution in [2.24, 2.45) is 0 Å². The van der Waals surface area contributed by atoms with Crippen LogP contribution in [0, 0.1) is 5.82 Å². The molecular weight excluding hydrogens is 257 g/mol. The quantitative estimate of drug-likeness (QED) is 0.518. The van der Waals surface area contributed by atoms with Crippen molar-refractivity contribution in [3.05, 3.63) is 66.2 Å². The molecule has 0 aliphatic carbocycles. The number of halogens is 1. The van der Waals surface area contributed by atoms with Gasteiger partial charge in [0.05, 0.1) is 12.5 Å². The fourth-order valence-electron chi connectivity index (χ4n) is 2.04. The maximum atomic E-state index is 12.9. The molecule has 1 heterocycles. The number of anilines is 1. The van der Waals surface area contributed by atoms with E-state index in [0.717, 1.165) is 5.57 Å². The van der Waals surface area contributed by atoms with Crippen molar-refractivity contribution < 1.29 is 14.3 Å². The minimum absolute atomic E-state index is 0.0218. The Hall–Kier alpha value is -2.36. The molecule has 3 nitrogen and oxygen atoms in total. The SMILES string of the molecule is C=C(/C=C\C(O)=C/C)C1CC(=O)N1c1ccc(F)cc1. The highest BCUT2D eigenvalue weighted by molar-refractivity contribution is 6.02. The van der Waals surface area contributed by atoms with Crippen molar-refractivity contribution in [1.29, 1.82) is 0 Å². The molecule has 1 amide bonds. The fourth-order valence-corrected chi connectivity index (χ4v) is 2.04. The maximum absolute atomic E-state index is 12.9. The second kappa shape index (κ2) is 5.74. The molecule has 20 heavy (non-hydrogen) atoms. The number of aliphatic hydroxyl groups excluding tert-OH is 1. The zero-order valence-corrected chi connectivity index (χ0v) is 11.2. The molecule has 1 aromatic rings. The average molecular weight is 273 g/mol. The molecule has 1 aromatic carbocycles. The number of aliphatic hydroxyl groups is 1. The number of nitrogens with zero attached hydrogens (tertiary/aromatic N) is 1. The first-order valence-electron chi connectivity index (χ1n) is 6.32. The van der Waals surface area contributed by atoms with Crippen LogP contribution in [-0.4, -0.2) is 17.1 Å². The summed E-state index contributed by atoms with van der Waals surface area (Å²) >= 11 is 0. The van der Waals surface area contributed by atoms with Crippen LogP contribution in [0.2, 0.25) is 0 Å². The summed E-state index contributed by atoms with van der Waals surface area (Å²) in [5, 5.41) is 9.36. The third kappa shape index (κ3) is 2.79. The minimum Gasteiger partial charge on any atom is -0.508 e. The fraction of sp³-hybridized carbons (Fsp3) is 0.188. The number of carbonyl (C=O) groups is 1. The normalized spacial score (nSPS) is 19.3. The van der Waals surface area contributed by atoms with Gasteiger partial charge in [0.1, 0.15) is 11.6 Å². The lowest BCUT2D eigenvalue weighted by Crippen LogP contribution is -2.53. The third-order valence-corrected chi connectivity index (χ3v) is 3.25. The van der Waals surface area contributed by atoms with Gasteiger partial charge in [0.15, 0.2) is 0 Å². The molecule has 104 valence electrons. The van der Waals surface area contributed by atoms with Gasteiger partial charge < -0.3 is 10.0 Å². The zero-order valence-electron chi connectivity index (χ0n) is 11.2. The van der Waals surface area contributed by atoms with Gasteiger partial charge in [-0.05, 0) is 48.9 Å². The number of allylic oxidation sites excluding steroid dienone is 2. The van der Waals surface area contributed by atoms with E-state index in [2.05, 4.69) is 6.58 Å². The summed E-state index contributed by atoms with van der Waals surface area (Å²) < 4.78 is 12.9. The molecule has 0 aromatic heterocycles. The van der Waals surface area contributed by atoms with Crippen molar-refractivity contribution in [2.75, 3.05) is 4.90 Å². The zero-order chi connectivity index (χ0) is 14.7. The summed E-state index contributed by atoms with van der Waals surface area (Å²) in [6, 6.07) is 5.64. The molecule has 4 heteroatoms. The Bertz CT molecular complexity index is 587. The number of hydrogen-bond donors (Lipinski definition) is 1. The molecule has 1 aliphatic heterocycles. The third-order valence-electron chi connectivity index (χ3n) is 3.25. The smallest absolute Gasteiger partial charge is 0.230 e. The lowest BCUT2D eigenvalue weighted by molar-refractivity contribution is -0.123. The number of rotatable bonds is 4. The Morgan fingerprint density at radius 1 is 1.40 bits per heavy atom. The standard InChI is InChI=1S/C16H16FNO2/c1-3-14(19)9-4-11(2)15-10-16(20)18(15)13-7-5-12(17)6-8-13/h3-9,15,19H,2,10H2,1H3/b9-4-,14-3+. The molecule has 0 bridgehead atoms. The van der Waals surface area contributed by atoms with E-state index in [1.54, 1.807) is 36.1 Å². The second-order valence-electron chi connectivity index (χ2n) is 4.58. The Morgan fingerprint density at radius 2 is 2.05 bits per heavy atom. The molecular formula is C16H16FNO2. The number of β-lactam (4-membered cyclic amide) rings is 1. The van der Waals surface area contributed by atoms with Crippen LogP contribution < -0.4 is 4.90 Å². The van der Waals surface area contributed by atoms with E-state index >= 15 is 0 Å². The molecule has 0 spiro atoms. The van der Waals surface area contributed by atoms with Crippen molar-refractivity contribution in [3.8, 4) is 0 Å². The van der Waals surface area contributed by atoms with Crippen LogP contribution in [0.15, 0.2) is 60.4 Å². The van der Waals surface area contributed by atoms with Crippen LogP contribution in [0.1, 0.15) is 13.3 Å². The summed E-state index contributed by atoms with van der Waals surface area (Å²) in [4.78, 5) is 13.3. The molecule has 0 radical (unpaired) electrons. The van der Waals surface area contributed by atoms with Gasteiger partial charge in [-0.1, -0.05) is 12.7 Å².